The Hall–Kier alpha value is -3.59. The molecule has 1 atom stereocenters. The molecular formula is C25H22F4O5. The minimum absolute atomic E-state index is 0.00367. The van der Waals surface area contributed by atoms with Crippen molar-refractivity contribution in [3.63, 3.8) is 0 Å². The first-order valence-corrected chi connectivity index (χ1v) is 10.2. The highest BCUT2D eigenvalue weighted by Crippen LogP contribution is 2.33. The summed E-state index contributed by atoms with van der Waals surface area (Å²) in [7, 11) is 1.43. The smallest absolute Gasteiger partial charge is 0.416 e. The monoisotopic (exact) mass is 478 g/mol. The Kier molecular flexibility index (Phi) is 7.78. The first-order chi connectivity index (χ1) is 16.1. The summed E-state index contributed by atoms with van der Waals surface area (Å²) in [5, 5.41) is 8.76. The molecule has 0 radical (unpaired) electrons. The fourth-order valence-corrected chi connectivity index (χ4v) is 3.32. The van der Waals surface area contributed by atoms with Gasteiger partial charge >= 0.3 is 12.1 Å². The van der Waals surface area contributed by atoms with Gasteiger partial charge in [0.1, 0.15) is 23.4 Å². The molecule has 0 bridgehead atoms. The molecule has 0 saturated carbocycles. The third-order valence-corrected chi connectivity index (χ3v) is 4.98. The zero-order valence-electron chi connectivity index (χ0n) is 18.4. The Morgan fingerprint density at radius 2 is 1.68 bits per heavy atom. The van der Waals surface area contributed by atoms with Crippen molar-refractivity contribution in [2.75, 3.05) is 20.3 Å². The second-order valence-corrected chi connectivity index (χ2v) is 7.48. The van der Waals surface area contributed by atoms with Crippen LogP contribution in [0.25, 0.3) is 11.1 Å². The van der Waals surface area contributed by atoms with Crippen LogP contribution in [-0.2, 0) is 15.7 Å². The van der Waals surface area contributed by atoms with Crippen LogP contribution < -0.4 is 9.47 Å². The van der Waals surface area contributed by atoms with Crippen molar-refractivity contribution in [3.05, 3.63) is 83.2 Å². The number of aryl methyl sites for hydroxylation is 1. The molecule has 9 heteroatoms. The van der Waals surface area contributed by atoms with Crippen LogP contribution >= 0.6 is 0 Å². The first kappa shape index (κ1) is 25.0. The van der Waals surface area contributed by atoms with Crippen molar-refractivity contribution in [3.8, 4) is 22.6 Å². The number of ether oxygens (including phenoxy) is 3. The third-order valence-electron chi connectivity index (χ3n) is 4.98. The van der Waals surface area contributed by atoms with E-state index in [9.17, 15) is 22.4 Å². The summed E-state index contributed by atoms with van der Waals surface area (Å²) in [5.41, 5.74) is 1.02. The number of methoxy groups -OCH3 is 1. The van der Waals surface area contributed by atoms with E-state index in [0.717, 1.165) is 12.1 Å². The van der Waals surface area contributed by atoms with Crippen LogP contribution in [0.5, 0.6) is 11.5 Å². The Balaban J connectivity index is 1.87. The average Bonchev–Trinajstić information content (AvgIpc) is 2.78. The lowest BCUT2D eigenvalue weighted by molar-refractivity contribution is -0.139. The van der Waals surface area contributed by atoms with E-state index in [-0.39, 0.29) is 12.2 Å². The quantitative estimate of drug-likeness (QED) is 0.380. The molecule has 0 fully saturated rings. The van der Waals surface area contributed by atoms with Crippen LogP contribution in [0.3, 0.4) is 0 Å². The maximum absolute atomic E-state index is 14.7. The van der Waals surface area contributed by atoms with E-state index in [4.69, 9.17) is 19.3 Å². The Morgan fingerprint density at radius 1 is 1.00 bits per heavy atom. The summed E-state index contributed by atoms with van der Waals surface area (Å²) in [5.74, 6) is -0.922. The SMILES string of the molecule is COCC(Oc1ccc(OCC(=O)O)c(C)c1)c1cc(-c2ccc(C(F)(F)F)cc2)ccc1F. The summed E-state index contributed by atoms with van der Waals surface area (Å²) in [6.45, 7) is 1.22. The molecule has 0 amide bonds. The van der Waals surface area contributed by atoms with Gasteiger partial charge in [-0.25, -0.2) is 9.18 Å². The molecule has 1 N–H and O–H groups in total. The van der Waals surface area contributed by atoms with E-state index in [1.54, 1.807) is 25.1 Å². The van der Waals surface area contributed by atoms with Gasteiger partial charge in [-0.05, 0) is 66.1 Å². The molecule has 3 aromatic rings. The van der Waals surface area contributed by atoms with E-state index < -0.39 is 36.2 Å². The van der Waals surface area contributed by atoms with Crippen molar-refractivity contribution in [2.45, 2.75) is 19.2 Å². The summed E-state index contributed by atoms with van der Waals surface area (Å²) in [4.78, 5) is 10.7. The Morgan fingerprint density at radius 3 is 2.26 bits per heavy atom. The topological polar surface area (TPSA) is 65.0 Å². The van der Waals surface area contributed by atoms with Crippen LogP contribution in [0, 0.1) is 12.7 Å². The van der Waals surface area contributed by atoms with Crippen molar-refractivity contribution < 1.29 is 41.7 Å². The number of hydrogen-bond acceptors (Lipinski definition) is 4. The molecule has 0 aliphatic rings. The number of halogens is 4. The first-order valence-electron chi connectivity index (χ1n) is 10.2. The van der Waals surface area contributed by atoms with Gasteiger partial charge in [-0.15, -0.1) is 0 Å². The summed E-state index contributed by atoms with van der Waals surface area (Å²) in [6, 6.07) is 13.5. The molecule has 0 aromatic heterocycles. The number of aliphatic carboxylic acids is 1. The summed E-state index contributed by atoms with van der Waals surface area (Å²) < 4.78 is 69.6. The minimum Gasteiger partial charge on any atom is -0.483 e. The zero-order valence-corrected chi connectivity index (χ0v) is 18.4. The number of alkyl halides is 3. The molecule has 5 nitrogen and oxygen atoms in total. The van der Waals surface area contributed by atoms with Crippen LogP contribution in [0.2, 0.25) is 0 Å². The molecule has 0 aliphatic heterocycles. The number of rotatable bonds is 9. The van der Waals surface area contributed by atoms with Gasteiger partial charge in [0.15, 0.2) is 6.61 Å². The molecule has 180 valence electrons. The highest BCUT2D eigenvalue weighted by Gasteiger charge is 2.30. The minimum atomic E-state index is -4.45. The number of carboxylic acid groups (broad SMARTS) is 1. The fourth-order valence-electron chi connectivity index (χ4n) is 3.32. The van der Waals surface area contributed by atoms with Gasteiger partial charge in [0.05, 0.1) is 12.2 Å². The molecule has 34 heavy (non-hydrogen) atoms. The van der Waals surface area contributed by atoms with Crippen LogP contribution in [-0.4, -0.2) is 31.4 Å². The van der Waals surface area contributed by atoms with Crippen molar-refractivity contribution >= 4 is 5.97 Å². The second-order valence-electron chi connectivity index (χ2n) is 7.48. The van der Waals surface area contributed by atoms with Crippen molar-refractivity contribution in [1.82, 2.24) is 0 Å². The van der Waals surface area contributed by atoms with Crippen LogP contribution in [0.1, 0.15) is 22.8 Å². The van der Waals surface area contributed by atoms with Gasteiger partial charge in [0, 0.05) is 12.7 Å². The molecular weight excluding hydrogens is 456 g/mol. The fraction of sp³-hybridized carbons (Fsp3) is 0.240. The van der Waals surface area contributed by atoms with Gasteiger partial charge in [-0.2, -0.15) is 13.2 Å². The lowest BCUT2D eigenvalue weighted by atomic mass is 9.99. The predicted octanol–water partition coefficient (Wildman–Crippen LogP) is 6.05. The van der Waals surface area contributed by atoms with E-state index in [2.05, 4.69) is 0 Å². The lowest BCUT2D eigenvalue weighted by Gasteiger charge is -2.21. The zero-order chi connectivity index (χ0) is 24.9. The largest absolute Gasteiger partial charge is 0.483 e. The van der Waals surface area contributed by atoms with Crippen molar-refractivity contribution in [2.24, 2.45) is 0 Å². The van der Waals surface area contributed by atoms with Gasteiger partial charge in [-0.1, -0.05) is 18.2 Å². The third kappa shape index (κ3) is 6.26. The molecule has 0 heterocycles. The summed E-state index contributed by atoms with van der Waals surface area (Å²) in [6.07, 6.45) is -5.31. The van der Waals surface area contributed by atoms with Gasteiger partial charge in [-0.3, -0.25) is 0 Å². The molecule has 3 rings (SSSR count). The van der Waals surface area contributed by atoms with Crippen LogP contribution in [0.15, 0.2) is 60.7 Å². The average molecular weight is 478 g/mol. The molecule has 0 spiro atoms. The second kappa shape index (κ2) is 10.6. The van der Waals surface area contributed by atoms with Gasteiger partial charge < -0.3 is 19.3 Å². The van der Waals surface area contributed by atoms with Crippen LogP contribution in [0.4, 0.5) is 17.6 Å². The molecule has 3 aromatic carbocycles. The highest BCUT2D eigenvalue weighted by atomic mass is 19.4. The number of carboxylic acids is 1. The maximum atomic E-state index is 14.7. The molecule has 0 saturated heterocycles. The standard InChI is InChI=1S/C25H22F4O5/c1-15-11-19(8-10-22(15)33-14-24(30)31)34-23(13-32-2)20-12-17(5-9-21(20)26)16-3-6-18(7-4-16)25(27,28)29/h3-12,23H,13-14H2,1-2H3,(H,30,31). The van der Waals surface area contributed by atoms with Crippen molar-refractivity contribution in [1.29, 1.82) is 0 Å². The lowest BCUT2D eigenvalue weighted by Crippen LogP contribution is -2.16. The maximum Gasteiger partial charge on any atom is 0.416 e. The van der Waals surface area contributed by atoms with Gasteiger partial charge in [0.25, 0.3) is 0 Å². The highest BCUT2D eigenvalue weighted by molar-refractivity contribution is 5.68. The molecule has 0 aliphatic carbocycles. The Labute approximate surface area is 193 Å². The van der Waals surface area contributed by atoms with E-state index in [1.165, 1.54) is 37.4 Å². The molecule has 1 unspecified atom stereocenters. The van der Waals surface area contributed by atoms with E-state index in [0.29, 0.717) is 28.2 Å². The summed E-state index contributed by atoms with van der Waals surface area (Å²) >= 11 is 0. The Bertz CT molecular complexity index is 1140. The van der Waals surface area contributed by atoms with Gasteiger partial charge in [0.2, 0.25) is 0 Å². The number of hydrogen-bond donors (Lipinski definition) is 1. The van der Waals surface area contributed by atoms with E-state index in [1.807, 2.05) is 0 Å². The number of carbonyl (C=O) groups is 1. The normalized spacial score (nSPS) is 12.3. The number of benzene rings is 3. The predicted molar refractivity (Wildman–Crippen MR) is 116 cm³/mol. The van der Waals surface area contributed by atoms with E-state index >= 15 is 0 Å².